The molecular formula is C22H28N4O4S. The molecule has 166 valence electrons. The van der Waals surface area contributed by atoms with E-state index in [1.807, 2.05) is 38.1 Å². The van der Waals surface area contributed by atoms with Crippen molar-refractivity contribution in [3.8, 4) is 11.6 Å². The van der Waals surface area contributed by atoms with Crippen LogP contribution in [-0.2, 0) is 16.0 Å². The molecule has 0 amide bonds. The number of hydrogen-bond acceptors (Lipinski definition) is 8. The SMILES string of the molecule is CCOC(=O)[C@H]1CCCN([C@@H](c2ccc(OC)cc2)c2sc3nc(CC)nn3c2O)C1. The molecule has 0 radical (unpaired) electrons. The number of hydrogen-bond donors (Lipinski definition) is 1. The summed E-state index contributed by atoms with van der Waals surface area (Å²) in [5.74, 6) is 1.25. The molecule has 0 saturated carbocycles. The quantitative estimate of drug-likeness (QED) is 0.559. The molecule has 0 spiro atoms. The Labute approximate surface area is 185 Å². The van der Waals surface area contributed by atoms with E-state index in [4.69, 9.17) is 9.47 Å². The molecule has 2 aromatic heterocycles. The van der Waals surface area contributed by atoms with Crippen LogP contribution in [0.25, 0.3) is 4.96 Å². The first-order valence-corrected chi connectivity index (χ1v) is 11.5. The molecule has 0 aliphatic carbocycles. The molecule has 3 aromatic rings. The van der Waals surface area contributed by atoms with Crippen LogP contribution in [0, 0.1) is 5.92 Å². The molecule has 3 heterocycles. The number of rotatable bonds is 7. The average molecular weight is 445 g/mol. The van der Waals surface area contributed by atoms with E-state index < -0.39 is 0 Å². The summed E-state index contributed by atoms with van der Waals surface area (Å²) in [6.45, 7) is 5.59. The molecular weight excluding hydrogens is 416 g/mol. The third kappa shape index (κ3) is 4.24. The van der Waals surface area contributed by atoms with Gasteiger partial charge in [0.05, 0.1) is 30.6 Å². The monoisotopic (exact) mass is 444 g/mol. The maximum Gasteiger partial charge on any atom is 0.310 e. The Hall–Kier alpha value is -2.65. The first kappa shape index (κ1) is 21.6. The van der Waals surface area contributed by atoms with Crippen molar-refractivity contribution >= 4 is 22.3 Å². The van der Waals surface area contributed by atoms with Crippen LogP contribution >= 0.6 is 11.3 Å². The molecule has 1 aromatic carbocycles. The fourth-order valence-corrected chi connectivity index (χ4v) is 5.26. The number of aromatic hydroxyl groups is 1. The molecule has 1 N–H and O–H groups in total. The average Bonchev–Trinajstić information content (AvgIpc) is 3.34. The molecule has 4 rings (SSSR count). The topological polar surface area (TPSA) is 89.2 Å². The summed E-state index contributed by atoms with van der Waals surface area (Å²) in [4.78, 5) is 20.6. The highest BCUT2D eigenvalue weighted by Crippen LogP contribution is 2.41. The van der Waals surface area contributed by atoms with Gasteiger partial charge < -0.3 is 14.6 Å². The van der Waals surface area contributed by atoms with Crippen LogP contribution in [0.15, 0.2) is 24.3 Å². The van der Waals surface area contributed by atoms with E-state index in [0.717, 1.165) is 35.6 Å². The second-order valence-electron chi connectivity index (χ2n) is 7.63. The number of methoxy groups -OCH3 is 1. The van der Waals surface area contributed by atoms with Gasteiger partial charge in [0.25, 0.3) is 0 Å². The summed E-state index contributed by atoms with van der Waals surface area (Å²) in [7, 11) is 1.64. The Balaban J connectivity index is 1.73. The lowest BCUT2D eigenvalue weighted by Crippen LogP contribution is -2.41. The number of aryl methyl sites for hydroxylation is 1. The zero-order chi connectivity index (χ0) is 22.0. The minimum absolute atomic E-state index is 0.103. The first-order valence-electron chi connectivity index (χ1n) is 10.7. The van der Waals surface area contributed by atoms with E-state index in [2.05, 4.69) is 15.0 Å². The van der Waals surface area contributed by atoms with Gasteiger partial charge in [0.15, 0.2) is 5.82 Å². The molecule has 31 heavy (non-hydrogen) atoms. The lowest BCUT2D eigenvalue weighted by atomic mass is 9.94. The van der Waals surface area contributed by atoms with E-state index in [9.17, 15) is 9.90 Å². The molecule has 2 atom stereocenters. The smallest absolute Gasteiger partial charge is 0.310 e. The number of aromatic nitrogens is 3. The summed E-state index contributed by atoms with van der Waals surface area (Å²) in [5, 5.41) is 15.5. The largest absolute Gasteiger partial charge is 0.497 e. The van der Waals surface area contributed by atoms with Gasteiger partial charge >= 0.3 is 5.97 Å². The Morgan fingerprint density at radius 3 is 2.74 bits per heavy atom. The number of fused-ring (bicyclic) bond motifs is 1. The van der Waals surface area contributed by atoms with Gasteiger partial charge in [-0.3, -0.25) is 9.69 Å². The Morgan fingerprint density at radius 1 is 1.32 bits per heavy atom. The van der Waals surface area contributed by atoms with Crippen LogP contribution in [0.1, 0.15) is 49.0 Å². The molecule has 0 unspecified atom stereocenters. The number of carbonyl (C=O) groups is 1. The molecule has 0 bridgehead atoms. The van der Waals surface area contributed by atoms with Gasteiger partial charge in [-0.05, 0) is 44.0 Å². The van der Waals surface area contributed by atoms with Gasteiger partial charge in [0, 0.05) is 13.0 Å². The zero-order valence-corrected chi connectivity index (χ0v) is 18.9. The van der Waals surface area contributed by atoms with Crippen molar-refractivity contribution < 1.29 is 19.4 Å². The summed E-state index contributed by atoms with van der Waals surface area (Å²) >= 11 is 1.44. The van der Waals surface area contributed by atoms with E-state index in [0.29, 0.717) is 30.4 Å². The predicted molar refractivity (Wildman–Crippen MR) is 118 cm³/mol. The van der Waals surface area contributed by atoms with E-state index in [1.165, 1.54) is 15.9 Å². The molecule has 8 nitrogen and oxygen atoms in total. The van der Waals surface area contributed by atoms with Gasteiger partial charge in [-0.15, -0.1) is 5.10 Å². The third-order valence-corrected chi connectivity index (χ3v) is 6.75. The molecule has 1 fully saturated rings. The summed E-state index contributed by atoms with van der Waals surface area (Å²) in [5.41, 5.74) is 1.01. The fourth-order valence-electron chi connectivity index (χ4n) is 4.13. The standard InChI is InChI=1S/C22H28N4O4S/c1-4-17-23-22-26(24-17)20(27)19(31-22)18(14-8-10-16(29-3)11-9-14)25-12-6-7-15(13-25)21(28)30-5-2/h8-11,15,18,27H,4-7,12-13H2,1-3H3/t15-,18-/m0/s1. The summed E-state index contributed by atoms with van der Waals surface area (Å²) in [6.07, 6.45) is 2.40. The fraction of sp³-hybridized carbons (Fsp3) is 0.500. The van der Waals surface area contributed by atoms with Gasteiger partial charge in [-0.1, -0.05) is 30.4 Å². The maximum absolute atomic E-state index is 12.4. The third-order valence-electron chi connectivity index (χ3n) is 5.68. The van der Waals surface area contributed by atoms with Gasteiger partial charge in [0.1, 0.15) is 5.75 Å². The number of benzene rings is 1. The number of carbonyl (C=O) groups excluding carboxylic acids is 1. The summed E-state index contributed by atoms with van der Waals surface area (Å²) < 4.78 is 12.1. The molecule has 9 heteroatoms. The Bertz CT molecular complexity index is 1050. The highest BCUT2D eigenvalue weighted by atomic mass is 32.1. The van der Waals surface area contributed by atoms with Gasteiger partial charge in [-0.2, -0.15) is 4.52 Å². The second-order valence-corrected chi connectivity index (χ2v) is 8.64. The highest BCUT2D eigenvalue weighted by molar-refractivity contribution is 7.17. The van der Waals surface area contributed by atoms with Crippen molar-refractivity contribution in [3.05, 3.63) is 40.5 Å². The predicted octanol–water partition coefficient (Wildman–Crippen LogP) is 3.43. The number of piperidine rings is 1. The Morgan fingerprint density at radius 2 is 2.10 bits per heavy atom. The zero-order valence-electron chi connectivity index (χ0n) is 18.1. The van der Waals surface area contributed by atoms with Crippen LogP contribution in [0.4, 0.5) is 0 Å². The van der Waals surface area contributed by atoms with Crippen molar-refractivity contribution in [2.75, 3.05) is 26.8 Å². The number of ether oxygens (including phenoxy) is 2. The highest BCUT2D eigenvalue weighted by Gasteiger charge is 2.35. The number of nitrogens with zero attached hydrogens (tertiary/aromatic N) is 4. The van der Waals surface area contributed by atoms with Crippen LogP contribution in [0.5, 0.6) is 11.6 Å². The van der Waals surface area contributed by atoms with Crippen LogP contribution in [-0.4, -0.2) is 57.4 Å². The molecule has 1 saturated heterocycles. The lowest BCUT2D eigenvalue weighted by Gasteiger charge is -2.37. The van der Waals surface area contributed by atoms with E-state index in [-0.39, 0.29) is 23.8 Å². The minimum Gasteiger partial charge on any atom is -0.497 e. The van der Waals surface area contributed by atoms with Crippen molar-refractivity contribution in [3.63, 3.8) is 0 Å². The Kier molecular flexibility index (Phi) is 6.43. The number of thiazole rings is 1. The summed E-state index contributed by atoms with van der Waals surface area (Å²) in [6, 6.07) is 7.62. The molecule has 1 aliphatic rings. The molecule has 1 aliphatic heterocycles. The van der Waals surface area contributed by atoms with E-state index in [1.54, 1.807) is 7.11 Å². The van der Waals surface area contributed by atoms with Crippen LogP contribution in [0.2, 0.25) is 0 Å². The number of likely N-dealkylation sites (tertiary alicyclic amines) is 1. The van der Waals surface area contributed by atoms with E-state index >= 15 is 0 Å². The van der Waals surface area contributed by atoms with Crippen molar-refractivity contribution in [2.24, 2.45) is 5.92 Å². The van der Waals surface area contributed by atoms with Crippen LogP contribution in [0.3, 0.4) is 0 Å². The number of esters is 1. The maximum atomic E-state index is 12.4. The van der Waals surface area contributed by atoms with Crippen molar-refractivity contribution in [1.29, 1.82) is 0 Å². The van der Waals surface area contributed by atoms with Crippen molar-refractivity contribution in [1.82, 2.24) is 19.5 Å². The van der Waals surface area contributed by atoms with Gasteiger partial charge in [-0.25, -0.2) is 4.98 Å². The second kappa shape index (κ2) is 9.23. The lowest BCUT2D eigenvalue weighted by molar-refractivity contribution is -0.150. The normalized spacial score (nSPS) is 18.2. The minimum atomic E-state index is -0.221. The van der Waals surface area contributed by atoms with Crippen molar-refractivity contribution in [2.45, 2.75) is 39.2 Å². The first-order chi connectivity index (χ1) is 15.0. The van der Waals surface area contributed by atoms with Gasteiger partial charge in [0.2, 0.25) is 10.8 Å². The van der Waals surface area contributed by atoms with Crippen LogP contribution < -0.4 is 4.74 Å².